The van der Waals surface area contributed by atoms with Gasteiger partial charge in [0.1, 0.15) is 0 Å². The number of piperidine rings is 1. The normalized spacial score (nSPS) is 24.6. The molecule has 4 rings (SSSR count). The van der Waals surface area contributed by atoms with E-state index in [0.717, 1.165) is 26.2 Å². The maximum absolute atomic E-state index is 12.0. The van der Waals surface area contributed by atoms with Gasteiger partial charge in [0.25, 0.3) is 5.56 Å². The fourth-order valence-corrected chi connectivity index (χ4v) is 3.97. The van der Waals surface area contributed by atoms with Crippen molar-refractivity contribution in [2.45, 2.75) is 25.4 Å². The van der Waals surface area contributed by atoms with Crippen LogP contribution < -0.4 is 5.56 Å². The molecule has 108 valence electrons. The molecule has 0 amide bonds. The van der Waals surface area contributed by atoms with Crippen molar-refractivity contribution in [2.24, 2.45) is 5.92 Å². The molecule has 1 aromatic heterocycles. The third-order valence-electron chi connectivity index (χ3n) is 4.80. The van der Waals surface area contributed by atoms with Gasteiger partial charge in [-0.05, 0) is 24.0 Å². The van der Waals surface area contributed by atoms with Gasteiger partial charge in [-0.15, -0.1) is 0 Å². The molecule has 2 bridgehead atoms. The van der Waals surface area contributed by atoms with E-state index in [1.54, 1.807) is 6.07 Å². The number of aromatic nitrogens is 1. The van der Waals surface area contributed by atoms with Crippen molar-refractivity contribution in [3.05, 3.63) is 70.1 Å². The molecule has 2 atom stereocenters. The fraction of sp³-hybridized carbons (Fsp3) is 0.389. The first-order chi connectivity index (χ1) is 10.3. The minimum absolute atomic E-state index is 0.165. The minimum Gasteiger partial charge on any atom is -0.312 e. The summed E-state index contributed by atoms with van der Waals surface area (Å²) in [6, 6.07) is 16.4. The molecule has 0 aliphatic carbocycles. The number of nitrogens with zero attached hydrogens (tertiary/aromatic N) is 2. The quantitative estimate of drug-likeness (QED) is 0.844. The summed E-state index contributed by atoms with van der Waals surface area (Å²) in [4.78, 5) is 14.6. The van der Waals surface area contributed by atoms with Crippen molar-refractivity contribution >= 4 is 0 Å². The monoisotopic (exact) mass is 280 g/mol. The summed E-state index contributed by atoms with van der Waals surface area (Å²) in [6.07, 6.45) is 1.23. The lowest BCUT2D eigenvalue weighted by Gasteiger charge is -2.42. The Kier molecular flexibility index (Phi) is 3.15. The van der Waals surface area contributed by atoms with Gasteiger partial charge < -0.3 is 4.57 Å². The lowest BCUT2D eigenvalue weighted by molar-refractivity contribution is 0.114. The van der Waals surface area contributed by atoms with Crippen LogP contribution in [0.1, 0.15) is 23.6 Å². The van der Waals surface area contributed by atoms with E-state index in [1.165, 1.54) is 17.7 Å². The summed E-state index contributed by atoms with van der Waals surface area (Å²) >= 11 is 0. The number of likely N-dealkylation sites (tertiary alicyclic amines) is 1. The SMILES string of the molecule is O=c1cccc2n1C[C@H]1C[C@H]2CN(Cc2ccccc2)C1. The molecular formula is C18H20N2O. The predicted molar refractivity (Wildman–Crippen MR) is 83.3 cm³/mol. The average Bonchev–Trinajstić information content (AvgIpc) is 2.49. The Morgan fingerprint density at radius 2 is 1.81 bits per heavy atom. The van der Waals surface area contributed by atoms with Gasteiger partial charge in [-0.2, -0.15) is 0 Å². The van der Waals surface area contributed by atoms with E-state index in [4.69, 9.17) is 0 Å². The van der Waals surface area contributed by atoms with Crippen LogP contribution in [0.2, 0.25) is 0 Å². The van der Waals surface area contributed by atoms with Gasteiger partial charge in [0, 0.05) is 43.9 Å². The molecule has 1 saturated heterocycles. The van der Waals surface area contributed by atoms with Crippen molar-refractivity contribution < 1.29 is 0 Å². The summed E-state index contributed by atoms with van der Waals surface area (Å²) in [5, 5.41) is 0. The predicted octanol–water partition coefficient (Wildman–Crippen LogP) is 2.47. The van der Waals surface area contributed by atoms with Crippen LogP contribution in [-0.4, -0.2) is 22.6 Å². The van der Waals surface area contributed by atoms with Gasteiger partial charge in [0.15, 0.2) is 0 Å². The molecule has 2 aliphatic rings. The summed E-state index contributed by atoms with van der Waals surface area (Å²) in [5.41, 5.74) is 2.78. The maximum atomic E-state index is 12.0. The molecule has 1 aromatic carbocycles. The van der Waals surface area contributed by atoms with E-state index < -0.39 is 0 Å². The third-order valence-corrected chi connectivity index (χ3v) is 4.80. The second kappa shape index (κ2) is 5.15. The summed E-state index contributed by atoms with van der Waals surface area (Å²) < 4.78 is 2.00. The highest BCUT2D eigenvalue weighted by Crippen LogP contribution is 2.35. The Morgan fingerprint density at radius 1 is 0.952 bits per heavy atom. The smallest absolute Gasteiger partial charge is 0.250 e. The molecule has 3 heterocycles. The van der Waals surface area contributed by atoms with E-state index >= 15 is 0 Å². The van der Waals surface area contributed by atoms with Gasteiger partial charge in [-0.25, -0.2) is 0 Å². The first-order valence-corrected chi connectivity index (χ1v) is 7.75. The zero-order valence-electron chi connectivity index (χ0n) is 12.1. The van der Waals surface area contributed by atoms with Crippen molar-refractivity contribution in [1.29, 1.82) is 0 Å². The summed E-state index contributed by atoms with van der Waals surface area (Å²) in [7, 11) is 0. The molecule has 0 N–H and O–H groups in total. The highest BCUT2D eigenvalue weighted by molar-refractivity contribution is 5.18. The van der Waals surface area contributed by atoms with Crippen molar-refractivity contribution in [2.75, 3.05) is 13.1 Å². The number of rotatable bonds is 2. The fourth-order valence-electron chi connectivity index (χ4n) is 3.97. The van der Waals surface area contributed by atoms with E-state index in [-0.39, 0.29) is 5.56 Å². The first-order valence-electron chi connectivity index (χ1n) is 7.75. The van der Waals surface area contributed by atoms with Crippen molar-refractivity contribution in [1.82, 2.24) is 9.47 Å². The van der Waals surface area contributed by atoms with Crippen LogP contribution in [0.25, 0.3) is 0 Å². The molecule has 3 heteroatoms. The molecule has 21 heavy (non-hydrogen) atoms. The second-order valence-electron chi connectivity index (χ2n) is 6.38. The molecule has 0 radical (unpaired) electrons. The van der Waals surface area contributed by atoms with Crippen LogP contribution in [0.15, 0.2) is 53.3 Å². The largest absolute Gasteiger partial charge is 0.312 e. The lowest BCUT2D eigenvalue weighted by atomic mass is 9.83. The van der Waals surface area contributed by atoms with Crippen LogP contribution in [0, 0.1) is 5.92 Å². The van der Waals surface area contributed by atoms with Gasteiger partial charge >= 0.3 is 0 Å². The van der Waals surface area contributed by atoms with Crippen molar-refractivity contribution in [3.63, 3.8) is 0 Å². The average molecular weight is 280 g/mol. The molecule has 0 spiro atoms. The Bertz CT molecular complexity index is 692. The Balaban J connectivity index is 1.58. The zero-order chi connectivity index (χ0) is 14.2. The van der Waals surface area contributed by atoms with Crippen LogP contribution in [0.3, 0.4) is 0 Å². The molecule has 1 fully saturated rings. The van der Waals surface area contributed by atoms with Gasteiger partial charge in [-0.3, -0.25) is 9.69 Å². The Hall–Kier alpha value is -1.87. The second-order valence-corrected chi connectivity index (χ2v) is 6.38. The molecule has 2 aliphatic heterocycles. The van der Waals surface area contributed by atoms with Crippen LogP contribution >= 0.6 is 0 Å². The maximum Gasteiger partial charge on any atom is 0.250 e. The van der Waals surface area contributed by atoms with E-state index in [2.05, 4.69) is 41.3 Å². The lowest BCUT2D eigenvalue weighted by Crippen LogP contribution is -2.46. The minimum atomic E-state index is 0.165. The number of fused-ring (bicyclic) bond motifs is 4. The van der Waals surface area contributed by atoms with Crippen LogP contribution in [-0.2, 0) is 13.1 Å². The number of hydrogen-bond acceptors (Lipinski definition) is 2. The third kappa shape index (κ3) is 2.42. The molecule has 3 nitrogen and oxygen atoms in total. The standard InChI is InChI=1S/C18H20N2O/c21-18-8-4-7-17-16-9-15(12-20(17)18)11-19(13-16)10-14-5-2-1-3-6-14/h1-8,15-16H,9-13H2/t15-,16-/m0/s1. The van der Waals surface area contributed by atoms with Crippen LogP contribution in [0.5, 0.6) is 0 Å². The van der Waals surface area contributed by atoms with E-state index in [1.807, 2.05) is 10.6 Å². The molecule has 0 saturated carbocycles. The number of benzene rings is 1. The Morgan fingerprint density at radius 3 is 2.67 bits per heavy atom. The highest BCUT2D eigenvalue weighted by Gasteiger charge is 2.34. The highest BCUT2D eigenvalue weighted by atomic mass is 16.1. The molecule has 0 unspecified atom stereocenters. The van der Waals surface area contributed by atoms with Gasteiger partial charge in [-0.1, -0.05) is 36.4 Å². The van der Waals surface area contributed by atoms with Gasteiger partial charge in [0.2, 0.25) is 0 Å². The molecule has 2 aromatic rings. The van der Waals surface area contributed by atoms with E-state index in [0.29, 0.717) is 11.8 Å². The van der Waals surface area contributed by atoms with E-state index in [9.17, 15) is 4.79 Å². The zero-order valence-corrected chi connectivity index (χ0v) is 12.1. The number of hydrogen-bond donors (Lipinski definition) is 0. The summed E-state index contributed by atoms with van der Waals surface area (Å²) in [6.45, 7) is 4.07. The number of pyridine rings is 1. The van der Waals surface area contributed by atoms with Gasteiger partial charge in [0.05, 0.1) is 0 Å². The topological polar surface area (TPSA) is 25.2 Å². The first kappa shape index (κ1) is 12.8. The molecular weight excluding hydrogens is 260 g/mol. The van der Waals surface area contributed by atoms with Crippen molar-refractivity contribution in [3.8, 4) is 0 Å². The Labute approximate surface area is 124 Å². The van der Waals surface area contributed by atoms with Crippen LogP contribution in [0.4, 0.5) is 0 Å². The summed E-state index contributed by atoms with van der Waals surface area (Å²) in [5.74, 6) is 1.12.